The first-order valence-corrected chi connectivity index (χ1v) is 10.5. The summed E-state index contributed by atoms with van der Waals surface area (Å²) in [5.74, 6) is -0.0621. The quantitative estimate of drug-likeness (QED) is 0.433. The van der Waals surface area contributed by atoms with E-state index < -0.39 is 5.97 Å². The van der Waals surface area contributed by atoms with Crippen molar-refractivity contribution in [3.63, 3.8) is 0 Å². The SMILES string of the molecule is CCCCN(CCCC)c1n2c3ccccc3c(C(=O)[O-])cc2c2cccc[n+]12. The lowest BCUT2D eigenvalue weighted by Crippen LogP contribution is -2.36. The fourth-order valence-electron chi connectivity index (χ4n) is 4.12. The number of aromatic carboxylic acids is 1. The minimum atomic E-state index is -1.14. The van der Waals surface area contributed by atoms with Gasteiger partial charge in [-0.1, -0.05) is 51.0 Å². The number of para-hydroxylation sites is 1. The van der Waals surface area contributed by atoms with Crippen molar-refractivity contribution in [2.45, 2.75) is 39.5 Å². The Labute approximate surface area is 170 Å². The number of nitrogens with zero attached hydrogens (tertiary/aromatic N) is 3. The van der Waals surface area contributed by atoms with Crippen molar-refractivity contribution in [1.29, 1.82) is 0 Å². The standard InChI is InChI=1S/C24H27N3O2/c1-3-5-14-25(15-6-4-2)24-26-16-10-9-13-21(26)22-17-19(23(28)29)18-11-7-8-12-20(18)27(22)24/h7-13,16-17H,3-6,14-15H2,1-2H3. The molecule has 0 saturated carbocycles. The molecule has 0 atom stereocenters. The molecule has 150 valence electrons. The highest BCUT2D eigenvalue weighted by molar-refractivity contribution is 6.05. The van der Waals surface area contributed by atoms with Gasteiger partial charge in [-0.3, -0.25) is 4.90 Å². The van der Waals surface area contributed by atoms with Crippen LogP contribution in [0.4, 0.5) is 5.95 Å². The molecule has 4 aromatic rings. The smallest absolute Gasteiger partial charge is 0.370 e. The van der Waals surface area contributed by atoms with Crippen LogP contribution in [0.15, 0.2) is 54.7 Å². The van der Waals surface area contributed by atoms with Gasteiger partial charge in [0.1, 0.15) is 16.6 Å². The Kier molecular flexibility index (Phi) is 5.38. The second-order valence-electron chi connectivity index (χ2n) is 7.53. The Bertz CT molecular complexity index is 1170. The molecule has 1 aromatic carbocycles. The van der Waals surface area contributed by atoms with E-state index in [2.05, 4.69) is 33.7 Å². The zero-order valence-corrected chi connectivity index (χ0v) is 17.1. The summed E-state index contributed by atoms with van der Waals surface area (Å²) < 4.78 is 4.40. The third kappa shape index (κ3) is 3.31. The number of benzene rings is 1. The molecule has 0 radical (unpaired) electrons. The van der Waals surface area contributed by atoms with Gasteiger partial charge in [-0.15, -0.1) is 0 Å². The Morgan fingerprint density at radius 2 is 1.69 bits per heavy atom. The van der Waals surface area contributed by atoms with Gasteiger partial charge < -0.3 is 9.90 Å². The highest BCUT2D eigenvalue weighted by Crippen LogP contribution is 2.28. The van der Waals surface area contributed by atoms with E-state index in [0.717, 1.165) is 61.3 Å². The number of hydrogen-bond acceptors (Lipinski definition) is 3. The van der Waals surface area contributed by atoms with E-state index in [9.17, 15) is 9.90 Å². The van der Waals surface area contributed by atoms with Gasteiger partial charge in [0.05, 0.1) is 25.3 Å². The number of hydrogen-bond donors (Lipinski definition) is 0. The van der Waals surface area contributed by atoms with Gasteiger partial charge in [0, 0.05) is 10.9 Å². The van der Waals surface area contributed by atoms with Crippen LogP contribution in [0, 0.1) is 0 Å². The maximum atomic E-state index is 11.9. The Morgan fingerprint density at radius 3 is 2.38 bits per heavy atom. The van der Waals surface area contributed by atoms with Crippen LogP contribution < -0.4 is 14.4 Å². The summed E-state index contributed by atoms with van der Waals surface area (Å²) in [5, 5.41) is 12.6. The number of rotatable bonds is 8. The number of carbonyl (C=O) groups is 1. The minimum absolute atomic E-state index is 0.233. The number of fused-ring (bicyclic) bond motifs is 5. The zero-order chi connectivity index (χ0) is 20.4. The maximum Gasteiger partial charge on any atom is 0.370 e. The van der Waals surface area contributed by atoms with E-state index in [-0.39, 0.29) is 5.56 Å². The fourth-order valence-corrected chi connectivity index (χ4v) is 4.12. The number of aromatic nitrogens is 2. The van der Waals surface area contributed by atoms with Gasteiger partial charge >= 0.3 is 5.95 Å². The van der Waals surface area contributed by atoms with Crippen LogP contribution >= 0.6 is 0 Å². The second-order valence-corrected chi connectivity index (χ2v) is 7.53. The molecule has 3 heterocycles. The molecule has 0 spiro atoms. The van der Waals surface area contributed by atoms with E-state index in [0.29, 0.717) is 5.39 Å². The van der Waals surface area contributed by atoms with Crippen LogP contribution in [-0.2, 0) is 0 Å². The van der Waals surface area contributed by atoms with Crippen LogP contribution in [0.25, 0.3) is 21.9 Å². The topological polar surface area (TPSA) is 51.9 Å². The number of pyridine rings is 2. The molecule has 5 nitrogen and oxygen atoms in total. The number of carbonyl (C=O) groups excluding carboxylic acids is 1. The van der Waals surface area contributed by atoms with Crippen LogP contribution in [0.5, 0.6) is 0 Å². The van der Waals surface area contributed by atoms with Crippen LogP contribution in [0.3, 0.4) is 0 Å². The number of unbranched alkanes of at least 4 members (excludes halogenated alkanes) is 2. The summed E-state index contributed by atoms with van der Waals surface area (Å²) >= 11 is 0. The first-order valence-electron chi connectivity index (χ1n) is 10.5. The lowest BCUT2D eigenvalue weighted by molar-refractivity contribution is -0.497. The largest absolute Gasteiger partial charge is 0.545 e. The van der Waals surface area contributed by atoms with Crippen molar-refractivity contribution >= 4 is 33.9 Å². The van der Waals surface area contributed by atoms with Crippen molar-refractivity contribution in [3.05, 3.63) is 60.3 Å². The molecule has 29 heavy (non-hydrogen) atoms. The number of carboxylic acid groups (broad SMARTS) is 1. The molecular weight excluding hydrogens is 362 g/mol. The number of anilines is 1. The fraction of sp³-hybridized carbons (Fsp3) is 0.333. The molecule has 0 aliphatic heterocycles. The van der Waals surface area contributed by atoms with Gasteiger partial charge in [0.25, 0.3) is 0 Å². The van der Waals surface area contributed by atoms with E-state index >= 15 is 0 Å². The third-order valence-electron chi connectivity index (χ3n) is 5.56. The summed E-state index contributed by atoms with van der Waals surface area (Å²) in [6.07, 6.45) is 6.55. The first kappa shape index (κ1) is 19.2. The predicted octanol–water partition coefficient (Wildman–Crippen LogP) is 3.60. The van der Waals surface area contributed by atoms with Crippen molar-refractivity contribution < 1.29 is 14.3 Å². The molecular formula is C24H27N3O2. The summed E-state index contributed by atoms with van der Waals surface area (Å²) in [4.78, 5) is 14.3. The van der Waals surface area contributed by atoms with Crippen LogP contribution in [0.1, 0.15) is 49.9 Å². The molecule has 0 N–H and O–H groups in total. The average molecular weight is 389 g/mol. The lowest BCUT2D eigenvalue weighted by atomic mass is 10.1. The molecule has 4 rings (SSSR count). The van der Waals surface area contributed by atoms with Gasteiger partial charge in [-0.25, -0.2) is 4.40 Å². The van der Waals surface area contributed by atoms with Gasteiger partial charge in [-0.2, -0.15) is 4.40 Å². The van der Waals surface area contributed by atoms with E-state index in [1.807, 2.05) is 42.5 Å². The van der Waals surface area contributed by atoms with E-state index in [4.69, 9.17) is 0 Å². The molecule has 0 unspecified atom stereocenters. The predicted molar refractivity (Wildman–Crippen MR) is 114 cm³/mol. The zero-order valence-electron chi connectivity index (χ0n) is 17.1. The molecule has 0 fully saturated rings. The molecule has 0 aliphatic carbocycles. The van der Waals surface area contributed by atoms with Crippen molar-refractivity contribution in [2.75, 3.05) is 18.0 Å². The summed E-state index contributed by atoms with van der Waals surface area (Å²) in [7, 11) is 0. The molecule has 0 bridgehead atoms. The minimum Gasteiger partial charge on any atom is -0.545 e. The molecule has 3 aromatic heterocycles. The van der Waals surface area contributed by atoms with Gasteiger partial charge in [0.2, 0.25) is 0 Å². The molecule has 0 aliphatic rings. The highest BCUT2D eigenvalue weighted by atomic mass is 16.4. The van der Waals surface area contributed by atoms with Crippen molar-refractivity contribution in [3.8, 4) is 0 Å². The monoisotopic (exact) mass is 389 g/mol. The average Bonchev–Trinajstić information content (AvgIpc) is 3.08. The highest BCUT2D eigenvalue weighted by Gasteiger charge is 2.27. The van der Waals surface area contributed by atoms with Gasteiger partial charge in [0.15, 0.2) is 0 Å². The number of imidazole rings is 1. The van der Waals surface area contributed by atoms with Crippen LogP contribution in [0.2, 0.25) is 0 Å². The van der Waals surface area contributed by atoms with E-state index in [1.54, 1.807) is 6.07 Å². The summed E-state index contributed by atoms with van der Waals surface area (Å²) in [6.45, 7) is 6.36. The number of carboxylic acids is 1. The van der Waals surface area contributed by atoms with Crippen molar-refractivity contribution in [1.82, 2.24) is 4.40 Å². The molecule has 0 saturated heterocycles. The first-order chi connectivity index (χ1) is 14.2. The molecule has 0 amide bonds. The Hall–Kier alpha value is -3.08. The Morgan fingerprint density at radius 1 is 1.00 bits per heavy atom. The summed E-state index contributed by atoms with van der Waals surface area (Å²) in [5.41, 5.74) is 3.00. The lowest BCUT2D eigenvalue weighted by Gasteiger charge is -2.18. The van der Waals surface area contributed by atoms with Crippen molar-refractivity contribution in [2.24, 2.45) is 0 Å². The normalized spacial score (nSPS) is 11.5. The molecule has 5 heteroatoms. The summed E-state index contributed by atoms with van der Waals surface area (Å²) in [6, 6.07) is 15.5. The Balaban J connectivity index is 2.12. The second kappa shape index (κ2) is 8.11. The van der Waals surface area contributed by atoms with Crippen LogP contribution in [-0.4, -0.2) is 23.5 Å². The van der Waals surface area contributed by atoms with Gasteiger partial charge in [-0.05, 0) is 37.1 Å². The third-order valence-corrected chi connectivity index (χ3v) is 5.56. The maximum absolute atomic E-state index is 11.9. The van der Waals surface area contributed by atoms with E-state index in [1.165, 1.54) is 0 Å².